The molecule has 0 aliphatic heterocycles. The Labute approximate surface area is 66.2 Å². The Bertz CT molecular complexity index is 191. The van der Waals surface area contributed by atoms with Crippen molar-refractivity contribution in [2.45, 2.75) is 19.8 Å². The molecule has 11 heavy (non-hydrogen) atoms. The molecule has 0 unspecified atom stereocenters. The minimum Gasteiger partial charge on any atom is -0.373 e. The van der Waals surface area contributed by atoms with Gasteiger partial charge in [-0.2, -0.15) is 5.90 Å². The van der Waals surface area contributed by atoms with Crippen molar-refractivity contribution in [2.24, 2.45) is 17.2 Å². The second-order valence-electron chi connectivity index (χ2n) is 2.96. The molecule has 1 rings (SSSR count). The zero-order valence-electron chi connectivity index (χ0n) is 6.67. The van der Waals surface area contributed by atoms with Gasteiger partial charge < -0.3 is 4.84 Å². The number of hydrogen-bond donors (Lipinski definition) is 1. The van der Waals surface area contributed by atoms with Crippen LogP contribution in [0.15, 0.2) is 12.7 Å². The van der Waals surface area contributed by atoms with Crippen LogP contribution in [-0.4, -0.2) is 5.97 Å². The highest BCUT2D eigenvalue weighted by atomic mass is 16.7. The molecular formula is C8H13NO2. The van der Waals surface area contributed by atoms with Gasteiger partial charge >= 0.3 is 5.97 Å². The predicted octanol–water partition coefficient (Wildman–Crippen LogP) is 1.01. The molecule has 2 N–H and O–H groups in total. The lowest BCUT2D eigenvalue weighted by Crippen LogP contribution is -2.23. The number of nitrogens with two attached hydrogens (primary N) is 1. The van der Waals surface area contributed by atoms with E-state index in [0.29, 0.717) is 0 Å². The van der Waals surface area contributed by atoms with Crippen molar-refractivity contribution in [3.63, 3.8) is 0 Å². The van der Waals surface area contributed by atoms with E-state index in [9.17, 15) is 4.79 Å². The van der Waals surface area contributed by atoms with Crippen LogP contribution in [0.3, 0.4) is 0 Å². The zero-order valence-corrected chi connectivity index (χ0v) is 6.67. The molecule has 1 aliphatic rings. The molecule has 0 spiro atoms. The van der Waals surface area contributed by atoms with E-state index >= 15 is 0 Å². The van der Waals surface area contributed by atoms with E-state index in [1.165, 1.54) is 0 Å². The molecule has 0 amide bonds. The molecule has 0 saturated heterocycles. The summed E-state index contributed by atoms with van der Waals surface area (Å²) < 4.78 is 0. The Balaban J connectivity index is 2.66. The lowest BCUT2D eigenvalue weighted by atomic mass is 10.0. The monoisotopic (exact) mass is 155 g/mol. The first-order chi connectivity index (χ1) is 5.21. The molecular weight excluding hydrogens is 142 g/mol. The molecule has 0 aromatic carbocycles. The van der Waals surface area contributed by atoms with Crippen molar-refractivity contribution in [1.82, 2.24) is 0 Å². The summed E-state index contributed by atoms with van der Waals surface area (Å²) in [6, 6.07) is 0. The third-order valence-corrected chi connectivity index (χ3v) is 2.56. The van der Waals surface area contributed by atoms with Gasteiger partial charge in [0, 0.05) is 0 Å². The van der Waals surface area contributed by atoms with Gasteiger partial charge in [-0.25, -0.2) is 4.79 Å². The molecule has 0 heterocycles. The fourth-order valence-corrected chi connectivity index (χ4v) is 1.55. The van der Waals surface area contributed by atoms with Crippen molar-refractivity contribution < 1.29 is 9.63 Å². The average molecular weight is 155 g/mol. The second-order valence-corrected chi connectivity index (χ2v) is 2.96. The van der Waals surface area contributed by atoms with Gasteiger partial charge in [-0.1, -0.05) is 13.0 Å². The number of rotatable bonds is 3. The van der Waals surface area contributed by atoms with E-state index in [2.05, 4.69) is 11.4 Å². The molecule has 0 radical (unpaired) electrons. The Hall–Kier alpha value is -0.830. The topological polar surface area (TPSA) is 52.3 Å². The molecule has 2 atom stereocenters. The van der Waals surface area contributed by atoms with Gasteiger partial charge in [-0.3, -0.25) is 0 Å². The van der Waals surface area contributed by atoms with Crippen LogP contribution in [0.2, 0.25) is 0 Å². The fraction of sp³-hybridized carbons (Fsp3) is 0.625. The molecule has 0 aromatic heterocycles. The van der Waals surface area contributed by atoms with Crippen molar-refractivity contribution in [1.29, 1.82) is 0 Å². The highest BCUT2D eigenvalue weighted by Crippen LogP contribution is 2.56. The first-order valence-corrected chi connectivity index (χ1v) is 3.75. The summed E-state index contributed by atoms with van der Waals surface area (Å²) >= 11 is 0. The van der Waals surface area contributed by atoms with Gasteiger partial charge in [0.25, 0.3) is 0 Å². The predicted molar refractivity (Wildman–Crippen MR) is 41.3 cm³/mol. The number of hydrogen-bond acceptors (Lipinski definition) is 3. The minimum atomic E-state index is -0.337. The van der Waals surface area contributed by atoms with E-state index < -0.39 is 0 Å². The highest BCUT2D eigenvalue weighted by Gasteiger charge is 2.58. The van der Waals surface area contributed by atoms with Crippen LogP contribution in [0.4, 0.5) is 0 Å². The molecule has 0 aromatic rings. The summed E-state index contributed by atoms with van der Waals surface area (Å²) in [4.78, 5) is 15.3. The molecule has 1 fully saturated rings. The maximum absolute atomic E-state index is 11.1. The number of allylic oxidation sites excluding steroid dienone is 1. The van der Waals surface area contributed by atoms with Gasteiger partial charge in [0.05, 0.1) is 5.41 Å². The fourth-order valence-electron chi connectivity index (χ4n) is 1.55. The first kappa shape index (κ1) is 8.27. The number of carbonyl (C=O) groups excluding carboxylic acids is 1. The summed E-state index contributed by atoms with van der Waals surface area (Å²) in [5.41, 5.74) is -0.337. The van der Waals surface area contributed by atoms with Crippen molar-refractivity contribution in [2.75, 3.05) is 0 Å². The smallest absolute Gasteiger partial charge is 0.331 e. The lowest BCUT2D eigenvalue weighted by molar-refractivity contribution is -0.151. The Morgan fingerprint density at radius 1 is 2.00 bits per heavy atom. The van der Waals surface area contributed by atoms with Gasteiger partial charge in [0.1, 0.15) is 0 Å². The molecule has 0 bridgehead atoms. The normalized spacial score (nSPS) is 34.5. The number of carbonyl (C=O) groups is 1. The summed E-state index contributed by atoms with van der Waals surface area (Å²) in [6.45, 7) is 5.59. The minimum absolute atomic E-state index is 0.267. The maximum atomic E-state index is 11.1. The van der Waals surface area contributed by atoms with Gasteiger partial charge in [-0.05, 0) is 18.8 Å². The van der Waals surface area contributed by atoms with Gasteiger partial charge in [-0.15, -0.1) is 6.58 Å². The molecule has 1 aliphatic carbocycles. The van der Waals surface area contributed by atoms with Gasteiger partial charge in [0.2, 0.25) is 0 Å². The Morgan fingerprint density at radius 3 is 2.91 bits per heavy atom. The average Bonchev–Trinajstić information content (AvgIpc) is 2.78. The second kappa shape index (κ2) is 2.66. The van der Waals surface area contributed by atoms with Crippen molar-refractivity contribution in [3.05, 3.63) is 12.7 Å². The SMILES string of the molecule is C=C[C@@H]1C[C@@]1(CC)C(=O)ON. The van der Waals surface area contributed by atoms with Crippen LogP contribution in [0.5, 0.6) is 0 Å². The Kier molecular flexibility index (Phi) is 2.00. The van der Waals surface area contributed by atoms with E-state index in [0.717, 1.165) is 12.8 Å². The van der Waals surface area contributed by atoms with Crippen LogP contribution in [0.1, 0.15) is 19.8 Å². The maximum Gasteiger partial charge on any atom is 0.331 e. The zero-order chi connectivity index (χ0) is 8.48. The summed E-state index contributed by atoms with van der Waals surface area (Å²) in [7, 11) is 0. The quantitative estimate of drug-likeness (QED) is 0.488. The van der Waals surface area contributed by atoms with E-state index in [4.69, 9.17) is 5.90 Å². The highest BCUT2D eigenvalue weighted by molar-refractivity contribution is 5.80. The van der Waals surface area contributed by atoms with Crippen molar-refractivity contribution in [3.8, 4) is 0 Å². The van der Waals surface area contributed by atoms with Crippen LogP contribution in [0, 0.1) is 11.3 Å². The van der Waals surface area contributed by atoms with Crippen LogP contribution in [-0.2, 0) is 9.63 Å². The largest absolute Gasteiger partial charge is 0.373 e. The molecule has 1 saturated carbocycles. The van der Waals surface area contributed by atoms with E-state index in [1.807, 2.05) is 6.92 Å². The summed E-state index contributed by atoms with van der Waals surface area (Å²) in [6.07, 6.45) is 3.41. The van der Waals surface area contributed by atoms with Crippen LogP contribution in [0.25, 0.3) is 0 Å². The third kappa shape index (κ3) is 1.05. The van der Waals surface area contributed by atoms with E-state index in [1.54, 1.807) is 6.08 Å². The first-order valence-electron chi connectivity index (χ1n) is 3.75. The Morgan fingerprint density at radius 2 is 2.64 bits per heavy atom. The lowest BCUT2D eigenvalue weighted by Gasteiger charge is -2.08. The summed E-state index contributed by atoms with van der Waals surface area (Å²) in [5, 5.41) is 0. The molecule has 3 nitrogen and oxygen atoms in total. The molecule has 3 heteroatoms. The molecule has 62 valence electrons. The van der Waals surface area contributed by atoms with Gasteiger partial charge in [0.15, 0.2) is 0 Å². The van der Waals surface area contributed by atoms with Crippen LogP contribution < -0.4 is 5.90 Å². The third-order valence-electron chi connectivity index (χ3n) is 2.56. The van der Waals surface area contributed by atoms with E-state index in [-0.39, 0.29) is 17.3 Å². The van der Waals surface area contributed by atoms with Crippen molar-refractivity contribution >= 4 is 5.97 Å². The standard InChI is InChI=1S/C8H13NO2/c1-3-6-5-8(6,4-2)7(10)11-9/h3,6H,1,4-5,9H2,2H3/t6-,8-/m1/s1. The summed E-state index contributed by atoms with van der Waals surface area (Å²) in [5.74, 6) is 4.77. The van der Waals surface area contributed by atoms with Crippen LogP contribution >= 0.6 is 0 Å².